The van der Waals surface area contributed by atoms with Gasteiger partial charge in [0.2, 0.25) is 0 Å². The van der Waals surface area contributed by atoms with Crippen molar-refractivity contribution in [2.45, 2.75) is 12.5 Å². The third kappa shape index (κ3) is 2.91. The summed E-state index contributed by atoms with van der Waals surface area (Å²) in [6.45, 7) is 1.83. The lowest BCUT2D eigenvalue weighted by Gasteiger charge is -2.20. The van der Waals surface area contributed by atoms with Gasteiger partial charge in [-0.25, -0.2) is 4.79 Å². The minimum absolute atomic E-state index is 0.107. The van der Waals surface area contributed by atoms with Gasteiger partial charge >= 0.3 is 6.03 Å². The van der Waals surface area contributed by atoms with Gasteiger partial charge in [0.25, 0.3) is 0 Å². The summed E-state index contributed by atoms with van der Waals surface area (Å²) in [5, 5.41) is 5.52. The first kappa shape index (κ1) is 12.2. The van der Waals surface area contributed by atoms with Gasteiger partial charge in [0, 0.05) is 30.7 Å². The van der Waals surface area contributed by atoms with E-state index in [9.17, 15) is 4.79 Å². The van der Waals surface area contributed by atoms with Crippen LogP contribution in [0.1, 0.15) is 6.42 Å². The molecule has 2 rings (SSSR count). The molecule has 1 heterocycles. The quantitative estimate of drug-likeness (QED) is 0.876. The fourth-order valence-corrected chi connectivity index (χ4v) is 2.60. The van der Waals surface area contributed by atoms with Gasteiger partial charge in [-0.05, 0) is 34.5 Å². The molecule has 1 aliphatic rings. The summed E-state index contributed by atoms with van der Waals surface area (Å²) >= 11 is 3.55. The minimum Gasteiger partial charge on any atom is -0.368 e. The zero-order valence-corrected chi connectivity index (χ0v) is 11.3. The van der Waals surface area contributed by atoms with Gasteiger partial charge < -0.3 is 15.5 Å². The van der Waals surface area contributed by atoms with Crippen molar-refractivity contribution in [2.75, 3.05) is 25.0 Å². The van der Waals surface area contributed by atoms with E-state index in [1.54, 1.807) is 7.05 Å². The number of para-hydroxylation sites is 1. The number of nitrogens with zero attached hydrogens (tertiary/aromatic N) is 1. The van der Waals surface area contributed by atoms with Crippen LogP contribution in [0.3, 0.4) is 0 Å². The molecule has 0 aromatic heterocycles. The van der Waals surface area contributed by atoms with E-state index in [1.807, 2.05) is 18.2 Å². The van der Waals surface area contributed by atoms with Gasteiger partial charge in [-0.2, -0.15) is 0 Å². The van der Waals surface area contributed by atoms with Gasteiger partial charge in [-0.1, -0.05) is 12.1 Å². The van der Waals surface area contributed by atoms with Crippen molar-refractivity contribution in [3.63, 3.8) is 0 Å². The number of amides is 2. The van der Waals surface area contributed by atoms with Crippen molar-refractivity contribution in [3.8, 4) is 0 Å². The summed E-state index contributed by atoms with van der Waals surface area (Å²) in [6, 6.07) is 8.27. The number of hydrogen-bond acceptors (Lipinski definition) is 2. The number of rotatable bonds is 2. The molecular weight excluding hydrogens is 282 g/mol. The van der Waals surface area contributed by atoms with Crippen molar-refractivity contribution in [1.82, 2.24) is 10.6 Å². The Kier molecular flexibility index (Phi) is 3.89. The lowest BCUT2D eigenvalue weighted by Crippen LogP contribution is -2.41. The standard InChI is InChI=1S/C12H16BrN3O/c1-14-12(17)15-9-6-7-16(8-9)11-5-3-2-4-10(11)13/h2-5,9H,6-8H2,1H3,(H2,14,15,17). The third-order valence-corrected chi connectivity index (χ3v) is 3.61. The van der Waals surface area contributed by atoms with Crippen LogP contribution in [0.25, 0.3) is 0 Å². The zero-order chi connectivity index (χ0) is 12.3. The second-order valence-electron chi connectivity index (χ2n) is 4.11. The molecule has 1 aromatic rings. The average molecular weight is 298 g/mol. The van der Waals surface area contributed by atoms with Crippen LogP contribution in [0, 0.1) is 0 Å². The molecule has 0 spiro atoms. The fraction of sp³-hybridized carbons (Fsp3) is 0.417. The number of anilines is 1. The number of halogens is 1. The molecule has 0 saturated carbocycles. The molecule has 0 radical (unpaired) electrons. The Hall–Kier alpha value is -1.23. The highest BCUT2D eigenvalue weighted by molar-refractivity contribution is 9.10. The maximum atomic E-state index is 11.2. The Balaban J connectivity index is 1.98. The molecule has 92 valence electrons. The molecule has 5 heteroatoms. The van der Waals surface area contributed by atoms with Crippen LogP contribution in [-0.2, 0) is 0 Å². The number of benzene rings is 1. The predicted molar refractivity (Wildman–Crippen MR) is 72.4 cm³/mol. The molecule has 0 bridgehead atoms. The van der Waals surface area contributed by atoms with Crippen molar-refractivity contribution in [1.29, 1.82) is 0 Å². The summed E-state index contributed by atoms with van der Waals surface area (Å²) in [5.41, 5.74) is 1.19. The number of nitrogens with one attached hydrogen (secondary N) is 2. The van der Waals surface area contributed by atoms with E-state index in [0.717, 1.165) is 24.0 Å². The molecule has 1 fully saturated rings. The van der Waals surface area contributed by atoms with Gasteiger partial charge in [-0.3, -0.25) is 0 Å². The van der Waals surface area contributed by atoms with E-state index in [0.29, 0.717) is 0 Å². The molecule has 0 aliphatic carbocycles. The molecule has 4 nitrogen and oxygen atoms in total. The van der Waals surface area contributed by atoms with Gasteiger partial charge in [0.15, 0.2) is 0 Å². The number of urea groups is 1. The first-order valence-electron chi connectivity index (χ1n) is 5.68. The third-order valence-electron chi connectivity index (χ3n) is 2.94. The summed E-state index contributed by atoms with van der Waals surface area (Å²) in [4.78, 5) is 13.5. The minimum atomic E-state index is -0.107. The van der Waals surface area contributed by atoms with E-state index in [1.165, 1.54) is 5.69 Å². The first-order valence-corrected chi connectivity index (χ1v) is 6.47. The number of carbonyl (C=O) groups excluding carboxylic acids is 1. The smallest absolute Gasteiger partial charge is 0.314 e. The Morgan fingerprint density at radius 1 is 1.47 bits per heavy atom. The Bertz CT molecular complexity index is 410. The molecule has 17 heavy (non-hydrogen) atoms. The van der Waals surface area contributed by atoms with E-state index in [-0.39, 0.29) is 12.1 Å². The summed E-state index contributed by atoms with van der Waals surface area (Å²) < 4.78 is 1.10. The van der Waals surface area contributed by atoms with Crippen LogP contribution < -0.4 is 15.5 Å². The molecule has 1 atom stereocenters. The van der Waals surface area contributed by atoms with E-state index >= 15 is 0 Å². The summed E-state index contributed by atoms with van der Waals surface area (Å²) in [6.07, 6.45) is 0.981. The zero-order valence-electron chi connectivity index (χ0n) is 9.74. The van der Waals surface area contributed by atoms with Crippen LogP contribution >= 0.6 is 15.9 Å². The maximum absolute atomic E-state index is 11.2. The fourth-order valence-electron chi connectivity index (χ4n) is 2.06. The molecule has 1 aliphatic heterocycles. The van der Waals surface area contributed by atoms with Crippen molar-refractivity contribution in [3.05, 3.63) is 28.7 Å². The van der Waals surface area contributed by atoms with Crippen molar-refractivity contribution < 1.29 is 4.79 Å². The van der Waals surface area contributed by atoms with Crippen LogP contribution in [0.4, 0.5) is 10.5 Å². The van der Waals surface area contributed by atoms with Crippen LogP contribution in [0.5, 0.6) is 0 Å². The monoisotopic (exact) mass is 297 g/mol. The van der Waals surface area contributed by atoms with E-state index in [2.05, 4.69) is 37.5 Å². The second kappa shape index (κ2) is 5.40. The summed E-state index contributed by atoms with van der Waals surface area (Å²) in [7, 11) is 1.63. The highest BCUT2D eigenvalue weighted by Crippen LogP contribution is 2.28. The number of carbonyl (C=O) groups is 1. The highest BCUT2D eigenvalue weighted by Gasteiger charge is 2.24. The maximum Gasteiger partial charge on any atom is 0.314 e. The molecule has 2 N–H and O–H groups in total. The molecular formula is C12H16BrN3O. The van der Waals surface area contributed by atoms with E-state index in [4.69, 9.17) is 0 Å². The van der Waals surface area contributed by atoms with E-state index < -0.39 is 0 Å². The van der Waals surface area contributed by atoms with Gasteiger partial charge in [0.1, 0.15) is 0 Å². The topological polar surface area (TPSA) is 44.4 Å². The van der Waals surface area contributed by atoms with Crippen molar-refractivity contribution in [2.24, 2.45) is 0 Å². The Labute approximate surface area is 110 Å². The summed E-state index contributed by atoms with van der Waals surface area (Å²) in [5.74, 6) is 0. The molecule has 1 unspecified atom stereocenters. The lowest BCUT2D eigenvalue weighted by atomic mass is 10.3. The second-order valence-corrected chi connectivity index (χ2v) is 4.96. The predicted octanol–water partition coefficient (Wildman–Crippen LogP) is 1.96. The molecule has 1 aromatic carbocycles. The van der Waals surface area contributed by atoms with Crippen molar-refractivity contribution >= 4 is 27.6 Å². The average Bonchev–Trinajstić information content (AvgIpc) is 2.78. The molecule has 1 saturated heterocycles. The Morgan fingerprint density at radius 3 is 2.94 bits per heavy atom. The van der Waals surface area contributed by atoms with Crippen LogP contribution in [0.2, 0.25) is 0 Å². The number of hydrogen-bond donors (Lipinski definition) is 2. The first-order chi connectivity index (χ1) is 8.20. The van der Waals surface area contributed by atoms with Crippen LogP contribution in [0.15, 0.2) is 28.7 Å². The highest BCUT2D eigenvalue weighted by atomic mass is 79.9. The SMILES string of the molecule is CNC(=O)NC1CCN(c2ccccc2Br)C1. The van der Waals surface area contributed by atoms with Crippen LogP contribution in [-0.4, -0.2) is 32.2 Å². The Morgan fingerprint density at radius 2 is 2.24 bits per heavy atom. The largest absolute Gasteiger partial charge is 0.368 e. The van der Waals surface area contributed by atoms with Gasteiger partial charge in [-0.15, -0.1) is 0 Å². The lowest BCUT2D eigenvalue weighted by molar-refractivity contribution is 0.240. The molecule has 2 amide bonds. The normalized spacial score (nSPS) is 19.2. The van der Waals surface area contributed by atoms with Gasteiger partial charge in [0.05, 0.1) is 5.69 Å².